The maximum absolute atomic E-state index is 5.51. The van der Waals surface area contributed by atoms with Crippen molar-refractivity contribution in [3.05, 3.63) is 6.92 Å². The molecule has 1 heteroatoms. The molecule has 1 unspecified atom stereocenters. The minimum Gasteiger partial charge on any atom is -0.330 e. The first kappa shape index (κ1) is 9.96. The molecule has 10 heavy (non-hydrogen) atoms. The van der Waals surface area contributed by atoms with E-state index in [1.807, 2.05) is 0 Å². The van der Waals surface area contributed by atoms with Crippen molar-refractivity contribution < 1.29 is 0 Å². The summed E-state index contributed by atoms with van der Waals surface area (Å²) in [5.74, 6) is 0.636. The molecule has 0 spiro atoms. The third-order valence-electron chi connectivity index (χ3n) is 1.98. The van der Waals surface area contributed by atoms with E-state index in [-0.39, 0.29) is 0 Å². The number of hydrogen-bond acceptors (Lipinski definition) is 1. The topological polar surface area (TPSA) is 26.0 Å². The molecule has 1 radical (unpaired) electrons. The highest BCUT2D eigenvalue weighted by atomic mass is 14.5. The van der Waals surface area contributed by atoms with E-state index in [2.05, 4.69) is 27.7 Å². The van der Waals surface area contributed by atoms with Crippen LogP contribution in [0.25, 0.3) is 0 Å². The molecule has 0 saturated carbocycles. The zero-order valence-corrected chi connectivity index (χ0v) is 7.48. The third kappa shape index (κ3) is 3.89. The van der Waals surface area contributed by atoms with Crippen LogP contribution in [-0.2, 0) is 0 Å². The second-order valence-electron chi connectivity index (χ2n) is 3.96. The fourth-order valence-electron chi connectivity index (χ4n) is 1.13. The Labute approximate surface area is 65.0 Å². The van der Waals surface area contributed by atoms with Crippen molar-refractivity contribution in [2.45, 2.75) is 33.6 Å². The van der Waals surface area contributed by atoms with Crippen molar-refractivity contribution in [2.75, 3.05) is 6.54 Å². The maximum atomic E-state index is 5.51. The first-order chi connectivity index (χ1) is 4.52. The second kappa shape index (κ2) is 3.97. The van der Waals surface area contributed by atoms with Gasteiger partial charge in [0.05, 0.1) is 0 Å². The molecule has 2 N–H and O–H groups in total. The summed E-state index contributed by atoms with van der Waals surface area (Å²) in [5.41, 5.74) is 5.89. The Balaban J connectivity index is 3.64. The zero-order chi connectivity index (χ0) is 8.20. The molecule has 0 aromatic carbocycles. The van der Waals surface area contributed by atoms with Gasteiger partial charge in [0.2, 0.25) is 0 Å². The standard InChI is InChI=1S/C9H20N/c1-5-9(3,4)6-8(2)7-10/h8H,1,5-7,10H2,2-4H3. The van der Waals surface area contributed by atoms with Crippen LogP contribution in [0.2, 0.25) is 0 Å². The van der Waals surface area contributed by atoms with Crippen LogP contribution >= 0.6 is 0 Å². The van der Waals surface area contributed by atoms with Gasteiger partial charge in [0, 0.05) is 0 Å². The van der Waals surface area contributed by atoms with E-state index < -0.39 is 0 Å². The van der Waals surface area contributed by atoms with Crippen LogP contribution in [0.5, 0.6) is 0 Å². The van der Waals surface area contributed by atoms with Crippen molar-refractivity contribution in [3.63, 3.8) is 0 Å². The van der Waals surface area contributed by atoms with Crippen molar-refractivity contribution >= 4 is 0 Å². The normalized spacial score (nSPS) is 15.3. The van der Waals surface area contributed by atoms with Crippen LogP contribution in [0.15, 0.2) is 0 Å². The predicted octanol–water partition coefficient (Wildman–Crippen LogP) is 2.22. The van der Waals surface area contributed by atoms with Gasteiger partial charge in [-0.25, -0.2) is 0 Å². The number of hydrogen-bond donors (Lipinski definition) is 1. The summed E-state index contributed by atoms with van der Waals surface area (Å²) in [5, 5.41) is 0. The zero-order valence-electron chi connectivity index (χ0n) is 7.48. The van der Waals surface area contributed by atoms with Gasteiger partial charge in [-0.3, -0.25) is 0 Å². The molecule has 0 heterocycles. The summed E-state index contributed by atoms with van der Waals surface area (Å²) in [6.45, 7) is 11.4. The highest BCUT2D eigenvalue weighted by molar-refractivity contribution is 4.72. The largest absolute Gasteiger partial charge is 0.330 e. The summed E-state index contributed by atoms with van der Waals surface area (Å²) in [4.78, 5) is 0. The molecule has 0 bridgehead atoms. The highest BCUT2D eigenvalue weighted by Crippen LogP contribution is 2.27. The van der Waals surface area contributed by atoms with Gasteiger partial charge in [-0.1, -0.05) is 27.7 Å². The minimum atomic E-state index is 0.374. The smallest absolute Gasteiger partial charge is 0.00513 e. The molecule has 0 rings (SSSR count). The number of rotatable bonds is 4. The quantitative estimate of drug-likeness (QED) is 0.640. The van der Waals surface area contributed by atoms with Crippen LogP contribution in [-0.4, -0.2) is 6.54 Å². The Hall–Kier alpha value is -0.0400. The van der Waals surface area contributed by atoms with Gasteiger partial charge in [0.15, 0.2) is 0 Å². The Bertz CT molecular complexity index is 86.7. The van der Waals surface area contributed by atoms with E-state index >= 15 is 0 Å². The average molecular weight is 142 g/mol. The van der Waals surface area contributed by atoms with Crippen LogP contribution in [0.3, 0.4) is 0 Å². The van der Waals surface area contributed by atoms with Crippen LogP contribution < -0.4 is 5.73 Å². The van der Waals surface area contributed by atoms with Crippen molar-refractivity contribution in [1.82, 2.24) is 0 Å². The first-order valence-corrected chi connectivity index (χ1v) is 4.01. The molecule has 0 fully saturated rings. The molecule has 0 aromatic rings. The fourth-order valence-corrected chi connectivity index (χ4v) is 1.13. The molecule has 0 aromatic heterocycles. The molecule has 1 nitrogen and oxygen atoms in total. The Kier molecular flexibility index (Phi) is 3.95. The van der Waals surface area contributed by atoms with E-state index in [9.17, 15) is 0 Å². The second-order valence-corrected chi connectivity index (χ2v) is 3.96. The maximum Gasteiger partial charge on any atom is -0.00513 e. The lowest BCUT2D eigenvalue weighted by atomic mass is 9.81. The van der Waals surface area contributed by atoms with Crippen LogP contribution in [0.1, 0.15) is 33.6 Å². The van der Waals surface area contributed by atoms with Crippen molar-refractivity contribution in [3.8, 4) is 0 Å². The lowest BCUT2D eigenvalue weighted by Crippen LogP contribution is -2.20. The molecule has 0 saturated heterocycles. The molecule has 1 atom stereocenters. The summed E-state index contributed by atoms with van der Waals surface area (Å²) < 4.78 is 0. The van der Waals surface area contributed by atoms with Gasteiger partial charge in [-0.2, -0.15) is 0 Å². The summed E-state index contributed by atoms with van der Waals surface area (Å²) in [6, 6.07) is 0. The van der Waals surface area contributed by atoms with Gasteiger partial charge in [-0.15, -0.1) is 0 Å². The minimum absolute atomic E-state index is 0.374. The molecular formula is C9H20N. The van der Waals surface area contributed by atoms with Crippen molar-refractivity contribution in [2.24, 2.45) is 17.1 Å². The third-order valence-corrected chi connectivity index (χ3v) is 1.98. The van der Waals surface area contributed by atoms with Gasteiger partial charge < -0.3 is 5.73 Å². The fraction of sp³-hybridized carbons (Fsp3) is 0.889. The first-order valence-electron chi connectivity index (χ1n) is 4.01. The SMILES string of the molecule is [CH2]CC(C)(C)CC(C)CN. The van der Waals surface area contributed by atoms with Crippen LogP contribution in [0, 0.1) is 18.3 Å². The van der Waals surface area contributed by atoms with E-state index in [0.717, 1.165) is 13.0 Å². The molecule has 0 aliphatic heterocycles. The Morgan fingerprint density at radius 1 is 1.50 bits per heavy atom. The molecule has 61 valence electrons. The molecule has 0 amide bonds. The monoisotopic (exact) mass is 142 g/mol. The van der Waals surface area contributed by atoms with Crippen molar-refractivity contribution in [1.29, 1.82) is 0 Å². The summed E-state index contributed by atoms with van der Waals surface area (Å²) in [6.07, 6.45) is 2.18. The van der Waals surface area contributed by atoms with Gasteiger partial charge in [0.1, 0.15) is 0 Å². The van der Waals surface area contributed by atoms with E-state index in [4.69, 9.17) is 5.73 Å². The molecule has 0 aliphatic carbocycles. The Morgan fingerprint density at radius 3 is 2.30 bits per heavy atom. The number of nitrogens with two attached hydrogens (primary N) is 1. The van der Waals surface area contributed by atoms with Gasteiger partial charge in [-0.05, 0) is 30.7 Å². The summed E-state index contributed by atoms with van der Waals surface area (Å²) in [7, 11) is 0. The lowest BCUT2D eigenvalue weighted by Gasteiger charge is -2.25. The van der Waals surface area contributed by atoms with E-state index in [0.29, 0.717) is 11.3 Å². The Morgan fingerprint density at radius 2 is 2.00 bits per heavy atom. The van der Waals surface area contributed by atoms with Gasteiger partial charge >= 0.3 is 0 Å². The van der Waals surface area contributed by atoms with Crippen LogP contribution in [0.4, 0.5) is 0 Å². The highest BCUT2D eigenvalue weighted by Gasteiger charge is 2.17. The van der Waals surface area contributed by atoms with E-state index in [1.54, 1.807) is 0 Å². The average Bonchev–Trinajstić information content (AvgIpc) is 1.87. The summed E-state index contributed by atoms with van der Waals surface area (Å²) >= 11 is 0. The lowest BCUT2D eigenvalue weighted by molar-refractivity contribution is 0.282. The molecule has 0 aliphatic rings. The molecular weight excluding hydrogens is 122 g/mol. The predicted molar refractivity (Wildman–Crippen MR) is 46.6 cm³/mol. The van der Waals surface area contributed by atoms with Gasteiger partial charge in [0.25, 0.3) is 0 Å². The van der Waals surface area contributed by atoms with E-state index in [1.165, 1.54) is 6.42 Å².